The largest absolute Gasteiger partial charge is 0.435 e. The van der Waals surface area contributed by atoms with Gasteiger partial charge >= 0.3 is 11.3 Å². The van der Waals surface area contributed by atoms with E-state index in [0.717, 1.165) is 19.6 Å². The highest BCUT2D eigenvalue weighted by Crippen LogP contribution is 2.15. The minimum atomic E-state index is -0.421. The number of hydrogen-bond acceptors (Lipinski definition) is 4. The zero-order valence-electron chi connectivity index (χ0n) is 12.0. The number of hydrogen-bond donors (Lipinski definition) is 2. The van der Waals surface area contributed by atoms with Crippen LogP contribution in [0.25, 0.3) is 5.57 Å². The summed E-state index contributed by atoms with van der Waals surface area (Å²) < 4.78 is 6.59. The molecule has 1 aliphatic rings. The van der Waals surface area contributed by atoms with E-state index in [2.05, 4.69) is 24.0 Å². The zero-order valence-corrected chi connectivity index (χ0v) is 12.0. The molecule has 20 heavy (non-hydrogen) atoms. The lowest BCUT2D eigenvalue weighted by Gasteiger charge is -2.15. The quantitative estimate of drug-likeness (QED) is 0.760. The Kier molecular flexibility index (Phi) is 4.68. The average molecular weight is 277 g/mol. The molecule has 0 unspecified atom stereocenters. The summed E-state index contributed by atoms with van der Waals surface area (Å²) in [5.41, 5.74) is 1.10. The fourth-order valence-corrected chi connectivity index (χ4v) is 2.28. The maximum atomic E-state index is 11.9. The first-order valence-corrected chi connectivity index (χ1v) is 6.96. The Morgan fingerprint density at radius 1 is 1.45 bits per heavy atom. The summed E-state index contributed by atoms with van der Waals surface area (Å²) in [6, 6.07) is 0. The van der Waals surface area contributed by atoms with Crippen LogP contribution in [0.2, 0.25) is 0 Å². The van der Waals surface area contributed by atoms with Crippen LogP contribution in [-0.4, -0.2) is 35.5 Å². The Morgan fingerprint density at radius 2 is 2.20 bits per heavy atom. The van der Waals surface area contributed by atoms with E-state index >= 15 is 0 Å². The van der Waals surface area contributed by atoms with Gasteiger partial charge in [-0.3, -0.25) is 9.42 Å². The number of allylic oxidation sites excluding steroid dienone is 4. The van der Waals surface area contributed by atoms with Crippen LogP contribution in [0.5, 0.6) is 0 Å². The Hall–Kier alpha value is -1.95. The normalized spacial score (nSPS) is 14.9. The van der Waals surface area contributed by atoms with E-state index in [1.807, 2.05) is 12.2 Å². The third kappa shape index (κ3) is 2.96. The average Bonchev–Trinajstić information content (AvgIpc) is 2.82. The van der Waals surface area contributed by atoms with Gasteiger partial charge < -0.3 is 5.41 Å². The van der Waals surface area contributed by atoms with Gasteiger partial charge in [-0.05, 0) is 24.4 Å². The second-order valence-electron chi connectivity index (χ2n) is 4.70. The predicted molar refractivity (Wildman–Crippen MR) is 76.8 cm³/mol. The lowest BCUT2D eigenvalue weighted by Crippen LogP contribution is -2.46. The first kappa shape index (κ1) is 14.5. The SMILES string of the molecule is CCN(CC)CC[n+]1[nH]oc(=O)c1C1=CC=CCC1=N. The maximum absolute atomic E-state index is 11.9. The molecule has 6 heteroatoms. The molecule has 0 aromatic carbocycles. The first-order valence-electron chi connectivity index (χ1n) is 6.96. The Bertz CT molecular complexity index is 591. The van der Waals surface area contributed by atoms with Gasteiger partial charge in [0.05, 0.1) is 12.1 Å². The number of aromatic nitrogens is 2. The molecule has 1 aliphatic carbocycles. The van der Waals surface area contributed by atoms with Crippen LogP contribution in [0, 0.1) is 5.41 Å². The highest BCUT2D eigenvalue weighted by atomic mass is 16.5. The lowest BCUT2D eigenvalue weighted by molar-refractivity contribution is -0.763. The van der Waals surface area contributed by atoms with Gasteiger partial charge in [-0.1, -0.05) is 30.7 Å². The Balaban J connectivity index is 2.24. The third-order valence-corrected chi connectivity index (χ3v) is 3.55. The summed E-state index contributed by atoms with van der Waals surface area (Å²) in [5.74, 6) is 0. The highest BCUT2D eigenvalue weighted by molar-refractivity contribution is 6.22. The second kappa shape index (κ2) is 6.47. The van der Waals surface area contributed by atoms with Crippen molar-refractivity contribution in [3.63, 3.8) is 0 Å². The van der Waals surface area contributed by atoms with Crippen molar-refractivity contribution in [3.8, 4) is 0 Å². The molecule has 0 atom stereocenters. The van der Waals surface area contributed by atoms with Crippen molar-refractivity contribution in [2.75, 3.05) is 19.6 Å². The van der Waals surface area contributed by atoms with Crippen molar-refractivity contribution < 1.29 is 9.20 Å². The fourth-order valence-electron chi connectivity index (χ4n) is 2.28. The Morgan fingerprint density at radius 3 is 2.85 bits per heavy atom. The molecule has 0 aliphatic heterocycles. The molecule has 2 rings (SSSR count). The molecule has 0 saturated heterocycles. The molecule has 0 bridgehead atoms. The molecule has 108 valence electrons. The van der Waals surface area contributed by atoms with E-state index < -0.39 is 5.63 Å². The molecule has 0 saturated carbocycles. The molecule has 1 aromatic heterocycles. The topological polar surface area (TPSA) is 77.0 Å². The molecule has 1 heterocycles. The molecular weight excluding hydrogens is 256 g/mol. The molecular formula is C14H21N4O2+. The van der Waals surface area contributed by atoms with Gasteiger partial charge in [-0.15, -0.1) is 0 Å². The highest BCUT2D eigenvalue weighted by Gasteiger charge is 2.28. The van der Waals surface area contributed by atoms with Crippen LogP contribution in [0.1, 0.15) is 26.0 Å². The van der Waals surface area contributed by atoms with Crippen LogP contribution in [0.15, 0.2) is 27.5 Å². The van der Waals surface area contributed by atoms with Gasteiger partial charge in [0.2, 0.25) is 0 Å². The van der Waals surface area contributed by atoms with Crippen LogP contribution in [-0.2, 0) is 6.54 Å². The molecule has 0 amide bonds. The lowest BCUT2D eigenvalue weighted by atomic mass is 10.00. The van der Waals surface area contributed by atoms with Crippen LogP contribution < -0.4 is 10.3 Å². The zero-order chi connectivity index (χ0) is 14.5. The molecule has 0 radical (unpaired) electrons. The third-order valence-electron chi connectivity index (χ3n) is 3.55. The number of aromatic amines is 1. The van der Waals surface area contributed by atoms with E-state index in [1.54, 1.807) is 10.8 Å². The second-order valence-corrected chi connectivity index (χ2v) is 4.70. The molecule has 1 aromatic rings. The number of nitrogens with zero attached hydrogens (tertiary/aromatic N) is 2. The summed E-state index contributed by atoms with van der Waals surface area (Å²) >= 11 is 0. The summed E-state index contributed by atoms with van der Waals surface area (Å²) in [5, 5.41) is 10.6. The van der Waals surface area contributed by atoms with Crippen molar-refractivity contribution in [1.82, 2.24) is 10.2 Å². The smallest absolute Gasteiger partial charge is 0.304 e. The van der Waals surface area contributed by atoms with E-state index in [0.29, 0.717) is 29.9 Å². The predicted octanol–water partition coefficient (Wildman–Crippen LogP) is 0.960. The number of H-pyrrole nitrogens is 1. The summed E-state index contributed by atoms with van der Waals surface area (Å²) in [4.78, 5) is 14.1. The number of nitrogens with one attached hydrogen (secondary N) is 2. The fraction of sp³-hybridized carbons (Fsp3) is 0.500. The van der Waals surface area contributed by atoms with Gasteiger partial charge in [0, 0.05) is 12.1 Å². The number of rotatable bonds is 6. The van der Waals surface area contributed by atoms with Gasteiger partial charge in [0.1, 0.15) is 0 Å². The van der Waals surface area contributed by atoms with Gasteiger partial charge in [0.25, 0.3) is 0 Å². The van der Waals surface area contributed by atoms with E-state index in [4.69, 9.17) is 9.93 Å². The van der Waals surface area contributed by atoms with Gasteiger partial charge in [-0.25, -0.2) is 4.79 Å². The monoisotopic (exact) mass is 277 g/mol. The Labute approximate surface area is 117 Å². The van der Waals surface area contributed by atoms with E-state index in [1.165, 1.54) is 0 Å². The minimum absolute atomic E-state index is 0.421. The van der Waals surface area contributed by atoms with Crippen LogP contribution in [0.3, 0.4) is 0 Å². The van der Waals surface area contributed by atoms with Gasteiger partial charge in [0.15, 0.2) is 6.54 Å². The maximum Gasteiger partial charge on any atom is 0.435 e. The molecule has 6 nitrogen and oxygen atoms in total. The van der Waals surface area contributed by atoms with Crippen molar-refractivity contribution in [2.24, 2.45) is 0 Å². The standard InChI is InChI=1S/C14H20N4O2/c1-3-17(4-2)9-10-18-13(14(19)20-16-18)11-7-5-6-8-12(11)15/h5-7,15H,3-4,8-10H2,1-2H3/p+1. The minimum Gasteiger partial charge on any atom is -0.304 e. The summed E-state index contributed by atoms with van der Waals surface area (Å²) in [6.07, 6.45) is 6.11. The van der Waals surface area contributed by atoms with Crippen LogP contribution in [0.4, 0.5) is 0 Å². The van der Waals surface area contributed by atoms with E-state index in [-0.39, 0.29) is 0 Å². The summed E-state index contributed by atoms with van der Waals surface area (Å²) in [7, 11) is 0. The van der Waals surface area contributed by atoms with Crippen molar-refractivity contribution in [1.29, 1.82) is 5.41 Å². The van der Waals surface area contributed by atoms with Crippen molar-refractivity contribution in [3.05, 3.63) is 34.3 Å². The first-order chi connectivity index (χ1) is 9.67. The molecule has 2 N–H and O–H groups in total. The van der Waals surface area contributed by atoms with Crippen molar-refractivity contribution >= 4 is 11.3 Å². The molecule has 0 spiro atoms. The van der Waals surface area contributed by atoms with Gasteiger partial charge in [-0.2, -0.15) is 0 Å². The van der Waals surface area contributed by atoms with Crippen LogP contribution >= 0.6 is 0 Å². The summed E-state index contributed by atoms with van der Waals surface area (Å²) in [6.45, 7) is 7.62. The molecule has 0 fully saturated rings. The number of likely N-dealkylation sites (N-methyl/N-ethyl adjacent to an activating group) is 1. The van der Waals surface area contributed by atoms with E-state index in [9.17, 15) is 4.79 Å². The van der Waals surface area contributed by atoms with Crippen molar-refractivity contribution in [2.45, 2.75) is 26.8 Å².